The summed E-state index contributed by atoms with van der Waals surface area (Å²) in [5, 5.41) is 7.34. The number of aromatic nitrogens is 1. The molecule has 6 nitrogen and oxygen atoms in total. The zero-order valence-electron chi connectivity index (χ0n) is 17.3. The molecule has 5 rings (SSSR count). The van der Waals surface area contributed by atoms with Crippen molar-refractivity contribution >= 4 is 17.4 Å². The summed E-state index contributed by atoms with van der Waals surface area (Å²) in [5.41, 5.74) is 3.69. The second-order valence-corrected chi connectivity index (χ2v) is 8.08. The van der Waals surface area contributed by atoms with Gasteiger partial charge in [0.1, 0.15) is 5.84 Å². The Hall–Kier alpha value is -3.51. The zero-order valence-corrected chi connectivity index (χ0v) is 17.3. The van der Waals surface area contributed by atoms with Crippen molar-refractivity contribution < 1.29 is 4.79 Å². The maximum absolute atomic E-state index is 13.1. The molecule has 3 aromatic rings. The maximum Gasteiger partial charge on any atom is 0.254 e. The lowest BCUT2D eigenvalue weighted by atomic mass is 9.96. The Morgan fingerprint density at radius 2 is 1.81 bits per heavy atom. The molecule has 0 bridgehead atoms. The fourth-order valence-electron chi connectivity index (χ4n) is 4.33. The Bertz CT molecular complexity index is 1100. The van der Waals surface area contributed by atoms with Gasteiger partial charge < -0.3 is 10.2 Å². The molecule has 0 radical (unpaired) electrons. The summed E-state index contributed by atoms with van der Waals surface area (Å²) in [4.78, 5) is 24.0. The molecule has 1 amide bonds. The zero-order chi connectivity index (χ0) is 21.1. The fourth-order valence-corrected chi connectivity index (χ4v) is 4.33. The number of pyridine rings is 1. The summed E-state index contributed by atoms with van der Waals surface area (Å²) in [6.07, 6.45) is 4.13. The minimum atomic E-state index is -0.406. The van der Waals surface area contributed by atoms with Crippen molar-refractivity contribution in [3.63, 3.8) is 0 Å². The molecule has 1 fully saturated rings. The van der Waals surface area contributed by atoms with Crippen LogP contribution in [0.5, 0.6) is 0 Å². The lowest BCUT2D eigenvalue weighted by Gasteiger charge is -2.30. The number of hydrogen-bond acceptors (Lipinski definition) is 4. The van der Waals surface area contributed by atoms with Gasteiger partial charge in [-0.3, -0.25) is 20.1 Å². The smallest absolute Gasteiger partial charge is 0.254 e. The molecule has 0 saturated carbocycles. The number of amides is 1. The van der Waals surface area contributed by atoms with Crippen LogP contribution in [0.2, 0.25) is 0 Å². The van der Waals surface area contributed by atoms with Gasteiger partial charge in [-0.1, -0.05) is 48.5 Å². The number of nitrogens with zero attached hydrogens (tertiary/aromatic N) is 3. The lowest BCUT2D eigenvalue weighted by molar-refractivity contribution is 0.0785. The third-order valence-electron chi connectivity index (χ3n) is 6.09. The second kappa shape index (κ2) is 8.32. The Balaban J connectivity index is 1.45. The normalized spacial score (nSPS) is 21.5. The number of anilines is 1. The van der Waals surface area contributed by atoms with Gasteiger partial charge in [0.2, 0.25) is 0 Å². The van der Waals surface area contributed by atoms with E-state index in [1.807, 2.05) is 29.2 Å². The van der Waals surface area contributed by atoms with E-state index < -0.39 is 5.54 Å². The molecular weight excluding hydrogens is 386 g/mol. The molecule has 2 aliphatic rings. The minimum Gasteiger partial charge on any atom is -0.342 e. The van der Waals surface area contributed by atoms with Crippen molar-refractivity contribution in [2.24, 2.45) is 4.99 Å². The number of hydrogen-bond donors (Lipinski definition) is 2. The van der Waals surface area contributed by atoms with E-state index in [2.05, 4.69) is 45.9 Å². The number of carbonyl (C=O) groups is 1. The summed E-state index contributed by atoms with van der Waals surface area (Å²) in [7, 11) is 0. The molecule has 6 heteroatoms. The number of amidine groups is 1. The number of carbonyl (C=O) groups excluding carboxylic acids is 1. The Morgan fingerprint density at radius 1 is 1.03 bits per heavy atom. The predicted molar refractivity (Wildman–Crippen MR) is 122 cm³/mol. The van der Waals surface area contributed by atoms with Crippen molar-refractivity contribution in [2.45, 2.75) is 25.0 Å². The van der Waals surface area contributed by atoms with Gasteiger partial charge >= 0.3 is 0 Å². The largest absolute Gasteiger partial charge is 0.342 e. The summed E-state index contributed by atoms with van der Waals surface area (Å²) >= 11 is 0. The van der Waals surface area contributed by atoms with E-state index in [-0.39, 0.29) is 5.91 Å². The first-order valence-electron chi connectivity index (χ1n) is 10.6. The molecule has 1 aromatic heterocycles. The molecular formula is C25H25N5O. The molecule has 31 heavy (non-hydrogen) atoms. The molecule has 2 aromatic carbocycles. The van der Waals surface area contributed by atoms with Crippen LogP contribution in [0.25, 0.3) is 0 Å². The summed E-state index contributed by atoms with van der Waals surface area (Å²) in [6.45, 7) is 2.57. The molecule has 1 spiro atoms. The van der Waals surface area contributed by atoms with Crippen molar-refractivity contribution in [2.75, 3.05) is 18.4 Å². The SMILES string of the molecule is O=C(c1ccncc1)N1CC[C@@]2(C1)NCc1ccccc1NC2=NCc1ccccc1. The third kappa shape index (κ3) is 3.94. The number of aliphatic imine (C=N–C) groups is 1. The quantitative estimate of drug-likeness (QED) is 0.692. The molecule has 2 aliphatic heterocycles. The average Bonchev–Trinajstić information content (AvgIpc) is 3.20. The van der Waals surface area contributed by atoms with E-state index in [1.54, 1.807) is 24.5 Å². The van der Waals surface area contributed by atoms with E-state index >= 15 is 0 Å². The summed E-state index contributed by atoms with van der Waals surface area (Å²) in [6, 6.07) is 22.1. The van der Waals surface area contributed by atoms with Crippen molar-refractivity contribution in [1.82, 2.24) is 15.2 Å². The number of fused-ring (bicyclic) bond motifs is 1. The van der Waals surface area contributed by atoms with E-state index in [9.17, 15) is 4.79 Å². The van der Waals surface area contributed by atoms with Gasteiger partial charge in [-0.2, -0.15) is 0 Å². The van der Waals surface area contributed by atoms with Gasteiger partial charge in [-0.05, 0) is 35.7 Å². The number of rotatable bonds is 3. The van der Waals surface area contributed by atoms with E-state index in [0.717, 1.165) is 30.1 Å². The highest BCUT2D eigenvalue weighted by Crippen LogP contribution is 2.30. The monoisotopic (exact) mass is 411 g/mol. The van der Waals surface area contributed by atoms with Gasteiger partial charge in [-0.15, -0.1) is 0 Å². The van der Waals surface area contributed by atoms with Gasteiger partial charge in [-0.25, -0.2) is 0 Å². The average molecular weight is 412 g/mol. The van der Waals surface area contributed by atoms with Crippen LogP contribution in [0.1, 0.15) is 27.9 Å². The first-order valence-corrected chi connectivity index (χ1v) is 10.6. The number of nitrogens with one attached hydrogen (secondary N) is 2. The minimum absolute atomic E-state index is 0.0326. The van der Waals surface area contributed by atoms with Crippen LogP contribution in [0.15, 0.2) is 84.1 Å². The predicted octanol–water partition coefficient (Wildman–Crippen LogP) is 3.48. The van der Waals surface area contributed by atoms with Crippen LogP contribution in [-0.4, -0.2) is 40.3 Å². The van der Waals surface area contributed by atoms with Crippen molar-refractivity contribution in [3.8, 4) is 0 Å². The number of likely N-dealkylation sites (tertiary alicyclic amines) is 1. The Kier molecular flexibility index (Phi) is 5.22. The molecule has 2 N–H and O–H groups in total. The van der Waals surface area contributed by atoms with Gasteiger partial charge in [0.05, 0.1) is 12.1 Å². The van der Waals surface area contributed by atoms with Crippen LogP contribution in [-0.2, 0) is 13.1 Å². The lowest BCUT2D eigenvalue weighted by Crippen LogP contribution is -2.55. The van der Waals surface area contributed by atoms with Crippen LogP contribution in [0, 0.1) is 0 Å². The van der Waals surface area contributed by atoms with E-state index in [1.165, 1.54) is 5.56 Å². The Labute approximate surface area is 182 Å². The van der Waals surface area contributed by atoms with Crippen molar-refractivity contribution in [1.29, 1.82) is 0 Å². The molecule has 3 heterocycles. The van der Waals surface area contributed by atoms with Crippen LogP contribution >= 0.6 is 0 Å². The van der Waals surface area contributed by atoms with Gasteiger partial charge in [0.25, 0.3) is 5.91 Å². The highest BCUT2D eigenvalue weighted by Gasteiger charge is 2.45. The summed E-state index contributed by atoms with van der Waals surface area (Å²) in [5.74, 6) is 0.927. The fraction of sp³-hybridized carbons (Fsp3) is 0.240. The number of para-hydroxylation sites is 1. The van der Waals surface area contributed by atoms with E-state index in [4.69, 9.17) is 4.99 Å². The topological polar surface area (TPSA) is 69.6 Å². The standard InChI is InChI=1S/C25H25N5O/c31-23(20-10-13-26-14-11-20)30-15-12-25(18-30)24(27-16-19-6-2-1-3-7-19)29-22-9-5-4-8-21(22)17-28-25/h1-11,13-14,28H,12,15-18H2,(H,27,29)/t25-/m0/s1. The first kappa shape index (κ1) is 19.5. The first-order chi connectivity index (χ1) is 15.2. The van der Waals surface area contributed by atoms with Crippen LogP contribution in [0.4, 0.5) is 5.69 Å². The molecule has 1 saturated heterocycles. The number of benzene rings is 2. The Morgan fingerprint density at radius 3 is 2.65 bits per heavy atom. The van der Waals surface area contributed by atoms with Gasteiger partial charge in [0.15, 0.2) is 0 Å². The molecule has 0 unspecified atom stereocenters. The highest BCUT2D eigenvalue weighted by atomic mass is 16.2. The maximum atomic E-state index is 13.1. The van der Waals surface area contributed by atoms with Crippen molar-refractivity contribution in [3.05, 3.63) is 95.8 Å². The highest BCUT2D eigenvalue weighted by molar-refractivity contribution is 6.05. The molecule has 1 atom stereocenters. The van der Waals surface area contributed by atoms with Gasteiger partial charge in [0, 0.05) is 43.3 Å². The van der Waals surface area contributed by atoms with Crippen LogP contribution < -0.4 is 10.6 Å². The van der Waals surface area contributed by atoms with Crippen LogP contribution in [0.3, 0.4) is 0 Å². The molecule has 156 valence electrons. The third-order valence-corrected chi connectivity index (χ3v) is 6.09. The van der Waals surface area contributed by atoms with E-state index in [0.29, 0.717) is 25.2 Å². The molecule has 0 aliphatic carbocycles. The summed E-state index contributed by atoms with van der Waals surface area (Å²) < 4.78 is 0. The second-order valence-electron chi connectivity index (χ2n) is 8.08.